The third kappa shape index (κ3) is 3.80. The van der Waals surface area contributed by atoms with Crippen LogP contribution in [0.15, 0.2) is 0 Å². The third-order valence-electron chi connectivity index (χ3n) is 0.0975. The van der Waals surface area contributed by atoms with Crippen LogP contribution in [0.3, 0.4) is 0 Å². The Morgan fingerprint density at radius 3 is 1.83 bits per heavy atom. The van der Waals surface area contributed by atoms with Gasteiger partial charge in [-0.2, -0.15) is 8.42 Å². The van der Waals surface area contributed by atoms with Gasteiger partial charge in [0.15, 0.2) is 0 Å². The summed E-state index contributed by atoms with van der Waals surface area (Å²) in [6.45, 7) is 0. The van der Waals surface area contributed by atoms with Crippen LogP contribution in [-0.2, 0) is 10.3 Å². The van der Waals surface area contributed by atoms with Crippen molar-refractivity contribution in [2.75, 3.05) is 0 Å². The third-order valence-corrected chi connectivity index (χ3v) is 0.292. The summed E-state index contributed by atoms with van der Waals surface area (Å²) in [5, 5.41) is 0. The van der Waals surface area contributed by atoms with Crippen LogP contribution in [0.2, 0.25) is 0 Å². The zero-order chi connectivity index (χ0) is 5.21. The fraction of sp³-hybridized carbons (Fsp3) is 0. The van der Waals surface area contributed by atoms with E-state index in [1.807, 2.05) is 0 Å². The van der Waals surface area contributed by atoms with E-state index in [9.17, 15) is 4.48 Å². The van der Waals surface area contributed by atoms with E-state index in [2.05, 4.69) is 0 Å². The van der Waals surface area contributed by atoms with Crippen molar-refractivity contribution in [3.63, 3.8) is 0 Å². The second kappa shape index (κ2) is 1.50. The summed E-state index contributed by atoms with van der Waals surface area (Å²) in [7, 11) is -4.58. The molecule has 4 nitrogen and oxygen atoms in total. The predicted molar refractivity (Wildman–Crippen MR) is 15.8 cm³/mol. The van der Waals surface area contributed by atoms with Gasteiger partial charge >= 0.3 is 10.3 Å². The maximum Gasteiger partial charge on any atom is 0.359 e. The molecule has 0 radical (unpaired) electrons. The summed E-state index contributed by atoms with van der Waals surface area (Å²) in [5.41, 5.74) is 0. The molecule has 0 fully saturated rings. The largest absolute Gasteiger partial charge is 0.359 e. The minimum Gasteiger partial charge on any atom is -0.272 e. The molecule has 0 aromatic rings. The molecule has 6 heavy (non-hydrogen) atoms. The van der Waals surface area contributed by atoms with Crippen molar-refractivity contribution < 1.29 is 17.5 Å². The van der Waals surface area contributed by atoms with Gasteiger partial charge in [0.2, 0.25) is 0 Å². The number of rotatable bonds is 1. The number of nitrogens with one attached hydrogen (secondary N) is 1. The molecule has 0 heterocycles. The van der Waals surface area contributed by atoms with Crippen molar-refractivity contribution in [1.82, 2.24) is 4.94 Å². The van der Waals surface area contributed by atoms with Crippen LogP contribution in [0.5, 0.6) is 0 Å². The van der Waals surface area contributed by atoms with Crippen molar-refractivity contribution in [3.05, 3.63) is 0 Å². The molecule has 0 saturated heterocycles. The Kier molecular flexibility index (Phi) is 1.45. The zero-order valence-electron chi connectivity index (χ0n) is 2.55. The van der Waals surface area contributed by atoms with Crippen LogP contribution in [-0.4, -0.2) is 13.0 Å². The van der Waals surface area contributed by atoms with Crippen molar-refractivity contribution in [3.8, 4) is 0 Å². The van der Waals surface area contributed by atoms with Crippen LogP contribution in [0.25, 0.3) is 0 Å². The molecule has 0 amide bonds. The lowest BCUT2D eigenvalue weighted by Crippen LogP contribution is -2.11. The quantitative estimate of drug-likeness (QED) is 0.349. The summed E-state index contributed by atoms with van der Waals surface area (Å²) in [6.07, 6.45) is 0. The topological polar surface area (TPSA) is 66.4 Å². The van der Waals surface area contributed by atoms with E-state index in [-0.39, 0.29) is 4.94 Å². The summed E-state index contributed by atoms with van der Waals surface area (Å²) in [5.74, 6) is 0. The van der Waals surface area contributed by atoms with E-state index in [1.165, 1.54) is 0 Å². The normalized spacial score (nSPS) is 11.7. The summed E-state index contributed by atoms with van der Waals surface area (Å²) in [4.78, 5) is 0.132. The highest BCUT2D eigenvalue weighted by Gasteiger charge is 1.95. The minimum absolute atomic E-state index is 0.132. The molecule has 0 aliphatic heterocycles. The van der Waals surface area contributed by atoms with E-state index in [4.69, 9.17) is 13.0 Å². The van der Waals surface area contributed by atoms with Gasteiger partial charge in [-0.25, -0.2) is 0 Å². The van der Waals surface area contributed by atoms with Gasteiger partial charge < -0.3 is 0 Å². The van der Waals surface area contributed by atoms with E-state index in [0.29, 0.717) is 0 Å². The molecule has 0 bridgehead atoms. The number of halogens is 1. The van der Waals surface area contributed by atoms with Crippen molar-refractivity contribution in [1.29, 1.82) is 0 Å². The first-order chi connectivity index (χ1) is 2.56. The Balaban J connectivity index is 3.85. The molecule has 2 N–H and O–H groups in total. The maximum atomic E-state index is 10.4. The Labute approximate surface area is 33.8 Å². The SMILES string of the molecule is O=S(=O)(O)NF. The molecular weight excluding hydrogens is 113 g/mol. The average Bonchev–Trinajstić information content (AvgIpc) is 1.35. The molecule has 0 aromatic carbocycles. The standard InChI is InChI=1S/FH2NO3S/c1-2-6(3,4)5/h2H,(H,3,4,5). The van der Waals surface area contributed by atoms with Crippen LogP contribution < -0.4 is 4.94 Å². The molecule has 38 valence electrons. The van der Waals surface area contributed by atoms with Crippen molar-refractivity contribution in [2.24, 2.45) is 0 Å². The highest BCUT2D eigenvalue weighted by Crippen LogP contribution is 1.66. The lowest BCUT2D eigenvalue weighted by molar-refractivity contribution is 0.375. The zero-order valence-corrected chi connectivity index (χ0v) is 3.37. The Morgan fingerprint density at radius 1 is 1.67 bits per heavy atom. The maximum absolute atomic E-state index is 10.4. The van der Waals surface area contributed by atoms with Gasteiger partial charge in [-0.15, -0.1) is 4.48 Å². The van der Waals surface area contributed by atoms with Crippen molar-refractivity contribution >= 4 is 10.3 Å². The lowest BCUT2D eigenvalue weighted by Gasteiger charge is -1.78. The van der Waals surface area contributed by atoms with Gasteiger partial charge in [-0.1, -0.05) is 0 Å². The molecule has 0 aliphatic rings. The molecule has 0 saturated carbocycles. The Morgan fingerprint density at radius 2 is 1.83 bits per heavy atom. The highest BCUT2D eigenvalue weighted by molar-refractivity contribution is 7.83. The monoisotopic (exact) mass is 115 g/mol. The lowest BCUT2D eigenvalue weighted by atomic mass is 13.8. The van der Waals surface area contributed by atoms with E-state index >= 15 is 0 Å². The second-order valence-corrected chi connectivity index (χ2v) is 1.66. The molecule has 0 aromatic heterocycles. The van der Waals surface area contributed by atoms with Gasteiger partial charge in [0.1, 0.15) is 0 Å². The Bertz CT molecular complexity index is 113. The second-order valence-electron chi connectivity index (χ2n) is 0.552. The molecule has 0 aliphatic carbocycles. The first-order valence-electron chi connectivity index (χ1n) is 0.909. The fourth-order valence-corrected chi connectivity index (χ4v) is 0. The fourth-order valence-electron chi connectivity index (χ4n) is 0. The summed E-state index contributed by atoms with van der Waals surface area (Å²) < 4.78 is 35.9. The predicted octanol–water partition coefficient (Wildman–Crippen LogP) is -0.737. The van der Waals surface area contributed by atoms with E-state index in [0.717, 1.165) is 0 Å². The minimum atomic E-state index is -4.58. The molecule has 6 heteroatoms. The highest BCUT2D eigenvalue weighted by atomic mass is 32.2. The molecule has 0 rings (SSSR count). The molecule has 0 unspecified atom stereocenters. The van der Waals surface area contributed by atoms with Crippen LogP contribution in [0.4, 0.5) is 4.48 Å². The molecular formula is H2FNO3S. The van der Waals surface area contributed by atoms with Gasteiger partial charge in [0.25, 0.3) is 0 Å². The van der Waals surface area contributed by atoms with Gasteiger partial charge in [0.05, 0.1) is 0 Å². The Hall–Kier alpha value is -0.200. The van der Waals surface area contributed by atoms with Crippen LogP contribution >= 0.6 is 0 Å². The van der Waals surface area contributed by atoms with Gasteiger partial charge in [-0.05, 0) is 4.94 Å². The number of hydrogen-bond acceptors (Lipinski definition) is 2. The average molecular weight is 115 g/mol. The first-order valence-corrected chi connectivity index (χ1v) is 2.35. The smallest absolute Gasteiger partial charge is 0.272 e. The van der Waals surface area contributed by atoms with Crippen LogP contribution in [0.1, 0.15) is 0 Å². The number of hydrogen-bond donors (Lipinski definition) is 2. The molecule has 0 spiro atoms. The van der Waals surface area contributed by atoms with Gasteiger partial charge in [-0.3, -0.25) is 4.55 Å². The first kappa shape index (κ1) is 5.80. The van der Waals surface area contributed by atoms with Crippen LogP contribution in [0, 0.1) is 0 Å². The molecule has 0 atom stereocenters. The van der Waals surface area contributed by atoms with E-state index in [1.54, 1.807) is 0 Å². The van der Waals surface area contributed by atoms with Gasteiger partial charge in [0, 0.05) is 0 Å². The van der Waals surface area contributed by atoms with E-state index < -0.39 is 10.3 Å². The summed E-state index contributed by atoms with van der Waals surface area (Å²) >= 11 is 0. The van der Waals surface area contributed by atoms with Crippen molar-refractivity contribution in [2.45, 2.75) is 0 Å². The summed E-state index contributed by atoms with van der Waals surface area (Å²) in [6, 6.07) is 0.